The molecule has 0 bridgehead atoms. The fourth-order valence-electron chi connectivity index (χ4n) is 3.63. The molecule has 0 atom stereocenters. The summed E-state index contributed by atoms with van der Waals surface area (Å²) < 4.78 is 1.91. The molecule has 0 aromatic carbocycles. The van der Waals surface area contributed by atoms with Crippen LogP contribution in [0.2, 0.25) is 0 Å². The van der Waals surface area contributed by atoms with Crippen LogP contribution in [0.4, 0.5) is 5.82 Å². The van der Waals surface area contributed by atoms with Crippen LogP contribution in [0, 0.1) is 6.92 Å². The van der Waals surface area contributed by atoms with E-state index in [0.717, 1.165) is 61.6 Å². The molecule has 0 spiro atoms. The van der Waals surface area contributed by atoms with Crippen LogP contribution >= 0.6 is 0 Å². The number of anilines is 1. The molecule has 1 aliphatic rings. The molecule has 2 heterocycles. The van der Waals surface area contributed by atoms with E-state index in [2.05, 4.69) is 73.5 Å². The predicted octanol–water partition coefficient (Wildman–Crippen LogP) is 5.24. The lowest BCUT2D eigenvalue weighted by Crippen LogP contribution is -2.20. The second-order valence-electron chi connectivity index (χ2n) is 7.57. The van der Waals surface area contributed by atoms with Gasteiger partial charge in [0.05, 0.1) is 11.9 Å². The lowest BCUT2D eigenvalue weighted by Gasteiger charge is -2.13. The van der Waals surface area contributed by atoms with Gasteiger partial charge in [0.15, 0.2) is 5.65 Å². The third kappa shape index (κ3) is 5.36. The second-order valence-corrected chi connectivity index (χ2v) is 7.57. The molecule has 0 saturated heterocycles. The molecule has 2 aromatic rings. The van der Waals surface area contributed by atoms with Gasteiger partial charge in [-0.3, -0.25) is 0 Å². The van der Waals surface area contributed by atoms with E-state index in [9.17, 15) is 0 Å². The zero-order chi connectivity index (χ0) is 21.3. The van der Waals surface area contributed by atoms with Crippen molar-refractivity contribution in [1.29, 1.82) is 0 Å². The molecule has 1 aliphatic carbocycles. The summed E-state index contributed by atoms with van der Waals surface area (Å²) in [5.41, 5.74) is 6.81. The van der Waals surface area contributed by atoms with E-state index in [1.165, 1.54) is 16.7 Å². The highest BCUT2D eigenvalue weighted by molar-refractivity contribution is 5.72. The minimum Gasteiger partial charge on any atom is -0.370 e. The molecule has 3 rings (SSSR count). The van der Waals surface area contributed by atoms with E-state index >= 15 is 0 Å². The average Bonchev–Trinajstić information content (AvgIpc) is 3.40. The van der Waals surface area contributed by atoms with E-state index < -0.39 is 0 Å². The SMILES string of the molecule is C=C/C=C\C(C)=C(/CC)c1cc(NCCCNCC2=CCC=C2)n2ncc(C)c2n1. The van der Waals surface area contributed by atoms with E-state index in [4.69, 9.17) is 4.98 Å². The lowest BCUT2D eigenvalue weighted by molar-refractivity contribution is 0.701. The lowest BCUT2D eigenvalue weighted by atomic mass is 10.0. The largest absolute Gasteiger partial charge is 0.370 e. The fourth-order valence-corrected chi connectivity index (χ4v) is 3.63. The molecule has 30 heavy (non-hydrogen) atoms. The van der Waals surface area contributed by atoms with Crippen molar-refractivity contribution >= 4 is 17.0 Å². The third-order valence-corrected chi connectivity index (χ3v) is 5.28. The normalized spacial score (nSPS) is 14.4. The number of nitrogens with one attached hydrogen (secondary N) is 2. The molecule has 0 aliphatic heterocycles. The van der Waals surface area contributed by atoms with Gasteiger partial charge in [0.1, 0.15) is 5.82 Å². The van der Waals surface area contributed by atoms with E-state index in [1.54, 1.807) is 6.08 Å². The van der Waals surface area contributed by atoms with Crippen LogP contribution in [0.5, 0.6) is 0 Å². The van der Waals surface area contributed by atoms with Gasteiger partial charge < -0.3 is 10.6 Å². The van der Waals surface area contributed by atoms with Crippen molar-refractivity contribution in [2.24, 2.45) is 0 Å². The summed E-state index contributed by atoms with van der Waals surface area (Å²) in [6.07, 6.45) is 17.4. The Bertz CT molecular complexity index is 1000. The maximum Gasteiger partial charge on any atom is 0.160 e. The number of fused-ring (bicyclic) bond motifs is 1. The van der Waals surface area contributed by atoms with Crippen molar-refractivity contribution in [3.8, 4) is 0 Å². The highest BCUT2D eigenvalue weighted by Gasteiger charge is 2.12. The number of allylic oxidation sites excluding steroid dienone is 7. The first kappa shape index (κ1) is 21.8. The Hall–Kier alpha value is -2.92. The molecule has 2 aromatic heterocycles. The van der Waals surface area contributed by atoms with Crippen molar-refractivity contribution in [3.63, 3.8) is 0 Å². The first-order valence-electron chi connectivity index (χ1n) is 10.8. The number of hydrogen-bond donors (Lipinski definition) is 2. The minimum atomic E-state index is 0.875. The Labute approximate surface area is 180 Å². The monoisotopic (exact) mass is 403 g/mol. The van der Waals surface area contributed by atoms with Gasteiger partial charge in [-0.2, -0.15) is 9.61 Å². The summed E-state index contributed by atoms with van der Waals surface area (Å²) in [5.74, 6) is 0.982. The maximum atomic E-state index is 4.92. The van der Waals surface area contributed by atoms with Crippen LogP contribution in [0.15, 0.2) is 66.4 Å². The summed E-state index contributed by atoms with van der Waals surface area (Å²) >= 11 is 0. The predicted molar refractivity (Wildman–Crippen MR) is 128 cm³/mol. The van der Waals surface area contributed by atoms with Crippen molar-refractivity contribution in [2.45, 2.75) is 40.0 Å². The van der Waals surface area contributed by atoms with Crippen LogP contribution in [0.3, 0.4) is 0 Å². The molecule has 0 amide bonds. The molecule has 0 unspecified atom stereocenters. The van der Waals surface area contributed by atoms with Crippen LogP contribution in [0.1, 0.15) is 44.4 Å². The molecule has 2 N–H and O–H groups in total. The zero-order valence-electron chi connectivity index (χ0n) is 18.4. The zero-order valence-corrected chi connectivity index (χ0v) is 18.4. The Kier molecular flexibility index (Phi) is 7.80. The van der Waals surface area contributed by atoms with Crippen LogP contribution in [-0.2, 0) is 0 Å². The third-order valence-electron chi connectivity index (χ3n) is 5.28. The van der Waals surface area contributed by atoms with Crippen LogP contribution < -0.4 is 10.6 Å². The molecular formula is C25H33N5. The Morgan fingerprint density at radius 2 is 2.20 bits per heavy atom. The second kappa shape index (κ2) is 10.7. The number of aryl methyl sites for hydroxylation is 1. The van der Waals surface area contributed by atoms with Gasteiger partial charge in [0, 0.05) is 24.7 Å². The Balaban J connectivity index is 1.72. The number of hydrogen-bond acceptors (Lipinski definition) is 4. The van der Waals surface area contributed by atoms with Gasteiger partial charge in [0.25, 0.3) is 0 Å². The topological polar surface area (TPSA) is 54.2 Å². The first-order chi connectivity index (χ1) is 14.6. The van der Waals surface area contributed by atoms with Crippen molar-refractivity contribution in [2.75, 3.05) is 25.0 Å². The van der Waals surface area contributed by atoms with Crippen LogP contribution in [-0.4, -0.2) is 34.2 Å². The smallest absolute Gasteiger partial charge is 0.160 e. The molecular weight excluding hydrogens is 370 g/mol. The molecule has 0 fully saturated rings. The summed E-state index contributed by atoms with van der Waals surface area (Å²) in [6, 6.07) is 2.12. The van der Waals surface area contributed by atoms with Gasteiger partial charge >= 0.3 is 0 Å². The minimum absolute atomic E-state index is 0.875. The first-order valence-corrected chi connectivity index (χ1v) is 10.8. The maximum absolute atomic E-state index is 4.92. The van der Waals surface area contributed by atoms with E-state index in [-0.39, 0.29) is 0 Å². The summed E-state index contributed by atoms with van der Waals surface area (Å²) in [5, 5.41) is 11.6. The van der Waals surface area contributed by atoms with Crippen molar-refractivity contribution in [3.05, 3.63) is 77.7 Å². The van der Waals surface area contributed by atoms with Gasteiger partial charge in [-0.05, 0) is 56.4 Å². The number of rotatable bonds is 11. The van der Waals surface area contributed by atoms with Gasteiger partial charge in [-0.15, -0.1) is 0 Å². The van der Waals surface area contributed by atoms with Gasteiger partial charge in [0.2, 0.25) is 0 Å². The molecule has 5 heteroatoms. The molecule has 158 valence electrons. The fraction of sp³-hybridized carbons (Fsp3) is 0.360. The summed E-state index contributed by atoms with van der Waals surface area (Å²) in [6.45, 7) is 12.9. The quantitative estimate of drug-likeness (QED) is 0.398. The van der Waals surface area contributed by atoms with E-state index in [0.29, 0.717) is 0 Å². The summed E-state index contributed by atoms with van der Waals surface area (Å²) in [7, 11) is 0. The van der Waals surface area contributed by atoms with Crippen molar-refractivity contribution < 1.29 is 0 Å². The highest BCUT2D eigenvalue weighted by atomic mass is 15.3. The average molecular weight is 404 g/mol. The standard InChI is InChI=1S/C25H33N5/c1-5-7-11-19(3)22(6-2)23-16-24(30-25(29-23)20(4)17-28-30)27-15-10-14-26-18-21-12-8-9-13-21/h5,7-8,11-13,16-17,26-27H,1,6,9-10,14-15,18H2,2-4H3/b11-7-,22-19+. The van der Waals surface area contributed by atoms with E-state index in [1.807, 2.05) is 16.8 Å². The molecule has 0 saturated carbocycles. The number of nitrogens with zero attached hydrogens (tertiary/aromatic N) is 3. The highest BCUT2D eigenvalue weighted by Crippen LogP contribution is 2.25. The summed E-state index contributed by atoms with van der Waals surface area (Å²) in [4.78, 5) is 4.92. The molecule has 5 nitrogen and oxygen atoms in total. The Morgan fingerprint density at radius 3 is 2.93 bits per heavy atom. The number of aromatic nitrogens is 3. The Morgan fingerprint density at radius 1 is 1.33 bits per heavy atom. The van der Waals surface area contributed by atoms with Gasteiger partial charge in [-0.25, -0.2) is 4.98 Å². The van der Waals surface area contributed by atoms with Crippen LogP contribution in [0.25, 0.3) is 11.2 Å². The van der Waals surface area contributed by atoms with Crippen molar-refractivity contribution in [1.82, 2.24) is 19.9 Å². The molecule has 0 radical (unpaired) electrons. The van der Waals surface area contributed by atoms with Gasteiger partial charge in [-0.1, -0.05) is 50.0 Å².